The maximum atomic E-state index is 13.0. The molecule has 0 saturated carbocycles. The van der Waals surface area contributed by atoms with Gasteiger partial charge in [-0.2, -0.15) is 0 Å². The summed E-state index contributed by atoms with van der Waals surface area (Å²) in [6.07, 6.45) is -1.66. The van der Waals surface area contributed by atoms with Gasteiger partial charge in [-0.3, -0.25) is 4.79 Å². The van der Waals surface area contributed by atoms with Gasteiger partial charge in [0, 0.05) is 13.1 Å². The maximum absolute atomic E-state index is 13.0. The number of amides is 1. The van der Waals surface area contributed by atoms with Gasteiger partial charge in [0.25, 0.3) is 0 Å². The molecule has 76 valence electrons. The summed E-state index contributed by atoms with van der Waals surface area (Å²) in [5.74, 6) is -0.268. The topological polar surface area (TPSA) is 40.5 Å². The highest BCUT2D eigenvalue weighted by molar-refractivity contribution is 6.27. The number of carbonyl (C=O) groups is 1. The van der Waals surface area contributed by atoms with Crippen LogP contribution in [0.4, 0.5) is 4.39 Å². The highest BCUT2D eigenvalue weighted by atomic mass is 35.5. The van der Waals surface area contributed by atoms with Crippen molar-refractivity contribution >= 4 is 17.5 Å². The molecule has 1 aliphatic heterocycles. The van der Waals surface area contributed by atoms with Crippen LogP contribution >= 0.6 is 11.6 Å². The normalized spacial score (nSPS) is 29.9. The molecule has 2 unspecified atom stereocenters. The first kappa shape index (κ1) is 10.7. The van der Waals surface area contributed by atoms with Gasteiger partial charge >= 0.3 is 0 Å². The van der Waals surface area contributed by atoms with Crippen molar-refractivity contribution in [2.75, 3.05) is 19.0 Å². The van der Waals surface area contributed by atoms with Crippen LogP contribution in [-0.2, 0) is 4.79 Å². The highest BCUT2D eigenvalue weighted by Crippen LogP contribution is 2.14. The largest absolute Gasteiger partial charge is 0.390 e. The molecule has 0 aromatic heterocycles. The second-order valence-electron chi connectivity index (χ2n) is 3.18. The van der Waals surface area contributed by atoms with E-state index in [1.54, 1.807) is 0 Å². The van der Waals surface area contributed by atoms with E-state index in [0.717, 1.165) is 0 Å². The van der Waals surface area contributed by atoms with Gasteiger partial charge in [0.05, 0.1) is 6.10 Å². The summed E-state index contributed by atoms with van der Waals surface area (Å²) in [4.78, 5) is 12.6. The molecule has 1 amide bonds. The average molecular weight is 210 g/mol. The van der Waals surface area contributed by atoms with Gasteiger partial charge in [-0.15, -0.1) is 11.6 Å². The SMILES string of the molecule is O=C(CCl)N1CCC(O)C(F)CC1. The lowest BCUT2D eigenvalue weighted by molar-refractivity contribution is -0.128. The number of rotatable bonds is 1. The van der Waals surface area contributed by atoms with E-state index in [1.807, 2.05) is 0 Å². The molecule has 1 aliphatic rings. The Bertz CT molecular complexity index is 179. The molecule has 0 aliphatic carbocycles. The molecule has 0 spiro atoms. The molecule has 5 heteroatoms. The van der Waals surface area contributed by atoms with Crippen LogP contribution < -0.4 is 0 Å². The number of likely N-dealkylation sites (tertiary alicyclic amines) is 1. The Labute approximate surface area is 81.5 Å². The van der Waals surface area contributed by atoms with E-state index in [2.05, 4.69) is 0 Å². The molecule has 3 nitrogen and oxygen atoms in total. The predicted octanol–water partition coefficient (Wildman–Crippen LogP) is 0.547. The van der Waals surface area contributed by atoms with E-state index in [1.165, 1.54) is 4.90 Å². The standard InChI is InChI=1S/C8H13ClFNO2/c9-5-8(13)11-3-1-6(10)7(12)2-4-11/h6-7,12H,1-5H2. The number of nitrogens with zero attached hydrogens (tertiary/aromatic N) is 1. The van der Waals surface area contributed by atoms with E-state index in [9.17, 15) is 14.3 Å². The molecule has 0 aromatic carbocycles. The van der Waals surface area contributed by atoms with Crippen LogP contribution in [0.1, 0.15) is 12.8 Å². The number of alkyl halides is 2. The third kappa shape index (κ3) is 2.81. The fraction of sp³-hybridized carbons (Fsp3) is 0.875. The molecule has 2 atom stereocenters. The lowest BCUT2D eigenvalue weighted by atomic mass is 10.1. The smallest absolute Gasteiger partial charge is 0.237 e. The van der Waals surface area contributed by atoms with Crippen LogP contribution in [-0.4, -0.2) is 47.2 Å². The zero-order valence-corrected chi connectivity index (χ0v) is 8.00. The minimum Gasteiger partial charge on any atom is -0.390 e. The van der Waals surface area contributed by atoms with Gasteiger partial charge in [0.15, 0.2) is 0 Å². The van der Waals surface area contributed by atoms with Crippen molar-refractivity contribution in [2.24, 2.45) is 0 Å². The Kier molecular flexibility index (Phi) is 3.93. The summed E-state index contributed by atoms with van der Waals surface area (Å²) in [5, 5.41) is 9.18. The zero-order valence-electron chi connectivity index (χ0n) is 7.25. The second kappa shape index (κ2) is 4.77. The zero-order chi connectivity index (χ0) is 9.84. The minimum atomic E-state index is -1.21. The minimum absolute atomic E-state index is 0.0763. The van der Waals surface area contributed by atoms with E-state index in [4.69, 9.17) is 11.6 Å². The van der Waals surface area contributed by atoms with Crippen LogP contribution in [0, 0.1) is 0 Å². The first-order valence-electron chi connectivity index (χ1n) is 4.31. The molecule has 0 aromatic rings. The van der Waals surface area contributed by atoms with Crippen molar-refractivity contribution in [1.82, 2.24) is 4.90 Å². The molecule has 1 saturated heterocycles. The Morgan fingerprint density at radius 1 is 1.54 bits per heavy atom. The summed E-state index contributed by atoms with van der Waals surface area (Å²) >= 11 is 5.36. The van der Waals surface area contributed by atoms with Gasteiger partial charge in [-0.1, -0.05) is 0 Å². The first-order valence-corrected chi connectivity index (χ1v) is 4.84. The quantitative estimate of drug-likeness (QED) is 0.641. The molecule has 1 rings (SSSR count). The lowest BCUT2D eigenvalue weighted by Crippen LogP contribution is -2.33. The molecule has 1 fully saturated rings. The summed E-state index contributed by atoms with van der Waals surface area (Å²) in [6, 6.07) is 0. The number of halogens is 2. The molecule has 1 heterocycles. The number of aliphatic hydroxyl groups is 1. The molecular formula is C8H13ClFNO2. The number of hydrogen-bond acceptors (Lipinski definition) is 2. The van der Waals surface area contributed by atoms with Crippen molar-refractivity contribution in [3.05, 3.63) is 0 Å². The molecule has 0 radical (unpaired) electrons. The summed E-state index contributed by atoms with van der Waals surface area (Å²) < 4.78 is 13.0. The van der Waals surface area contributed by atoms with E-state index in [0.29, 0.717) is 19.5 Å². The van der Waals surface area contributed by atoms with E-state index < -0.39 is 12.3 Å². The Morgan fingerprint density at radius 2 is 2.15 bits per heavy atom. The van der Waals surface area contributed by atoms with Crippen molar-refractivity contribution in [3.63, 3.8) is 0 Å². The predicted molar refractivity (Wildman–Crippen MR) is 47.4 cm³/mol. The van der Waals surface area contributed by atoms with E-state index >= 15 is 0 Å². The third-order valence-electron chi connectivity index (χ3n) is 2.25. The van der Waals surface area contributed by atoms with Crippen molar-refractivity contribution in [3.8, 4) is 0 Å². The van der Waals surface area contributed by atoms with Gasteiger partial charge in [0.1, 0.15) is 12.1 Å². The van der Waals surface area contributed by atoms with Crippen LogP contribution in [0.2, 0.25) is 0 Å². The van der Waals surface area contributed by atoms with Gasteiger partial charge in [0.2, 0.25) is 5.91 Å². The third-order valence-corrected chi connectivity index (χ3v) is 2.48. The second-order valence-corrected chi connectivity index (χ2v) is 3.44. The molecular weight excluding hydrogens is 197 g/mol. The van der Waals surface area contributed by atoms with Crippen LogP contribution in [0.15, 0.2) is 0 Å². The number of carbonyl (C=O) groups excluding carboxylic acids is 1. The van der Waals surface area contributed by atoms with E-state index in [-0.39, 0.29) is 18.2 Å². The molecule has 13 heavy (non-hydrogen) atoms. The lowest BCUT2D eigenvalue weighted by Gasteiger charge is -2.18. The summed E-state index contributed by atoms with van der Waals surface area (Å²) in [5.41, 5.74) is 0. The highest BCUT2D eigenvalue weighted by Gasteiger charge is 2.25. The van der Waals surface area contributed by atoms with Crippen LogP contribution in [0.25, 0.3) is 0 Å². The fourth-order valence-corrected chi connectivity index (χ4v) is 1.56. The van der Waals surface area contributed by atoms with Crippen LogP contribution in [0.3, 0.4) is 0 Å². The van der Waals surface area contributed by atoms with Crippen molar-refractivity contribution in [2.45, 2.75) is 25.1 Å². The average Bonchev–Trinajstić information content (AvgIpc) is 2.30. The first-order chi connectivity index (χ1) is 6.15. The summed E-state index contributed by atoms with van der Waals surface area (Å²) in [6.45, 7) is 0.747. The summed E-state index contributed by atoms with van der Waals surface area (Å²) in [7, 11) is 0. The van der Waals surface area contributed by atoms with Crippen molar-refractivity contribution < 1.29 is 14.3 Å². The Morgan fingerprint density at radius 3 is 2.77 bits per heavy atom. The maximum Gasteiger partial charge on any atom is 0.237 e. The van der Waals surface area contributed by atoms with Gasteiger partial charge in [-0.25, -0.2) is 4.39 Å². The van der Waals surface area contributed by atoms with Gasteiger partial charge < -0.3 is 10.0 Å². The Hall–Kier alpha value is -0.350. The Balaban J connectivity index is 2.49. The van der Waals surface area contributed by atoms with Gasteiger partial charge in [-0.05, 0) is 12.8 Å². The molecule has 0 bridgehead atoms. The van der Waals surface area contributed by atoms with Crippen molar-refractivity contribution in [1.29, 1.82) is 0 Å². The number of hydrogen-bond donors (Lipinski definition) is 1. The monoisotopic (exact) mass is 209 g/mol. The fourth-order valence-electron chi connectivity index (χ4n) is 1.39. The van der Waals surface area contributed by atoms with Crippen LogP contribution in [0.5, 0.6) is 0 Å². The number of aliphatic hydroxyl groups excluding tert-OH is 1. The molecule has 1 N–H and O–H groups in total.